The van der Waals surface area contributed by atoms with E-state index in [2.05, 4.69) is 15.3 Å². The van der Waals surface area contributed by atoms with Crippen molar-refractivity contribution >= 4 is 22.8 Å². The van der Waals surface area contributed by atoms with Crippen LogP contribution in [0.3, 0.4) is 0 Å². The summed E-state index contributed by atoms with van der Waals surface area (Å²) >= 11 is 0. The molecule has 0 saturated heterocycles. The van der Waals surface area contributed by atoms with Crippen molar-refractivity contribution in [3.8, 4) is 0 Å². The second-order valence-corrected chi connectivity index (χ2v) is 5.24. The first kappa shape index (κ1) is 14.2. The molecular formula is C15H19N3O2. The fourth-order valence-corrected chi connectivity index (χ4v) is 2.04. The number of aryl methyl sites for hydroxylation is 1. The Bertz CT molecular complexity index is 626. The molecule has 0 radical (unpaired) electrons. The lowest BCUT2D eigenvalue weighted by Gasteiger charge is -2.22. The van der Waals surface area contributed by atoms with Gasteiger partial charge in [-0.1, -0.05) is 26.0 Å². The van der Waals surface area contributed by atoms with Gasteiger partial charge in [-0.3, -0.25) is 4.79 Å². The molecule has 0 amide bonds. The first-order valence-electron chi connectivity index (χ1n) is 6.69. The smallest absolute Gasteiger partial charge is 0.305 e. The van der Waals surface area contributed by atoms with Crippen molar-refractivity contribution in [2.24, 2.45) is 5.92 Å². The van der Waals surface area contributed by atoms with Crippen molar-refractivity contribution in [2.75, 3.05) is 5.32 Å². The van der Waals surface area contributed by atoms with Crippen LogP contribution in [-0.2, 0) is 4.79 Å². The number of benzene rings is 1. The Hall–Kier alpha value is -2.17. The van der Waals surface area contributed by atoms with Gasteiger partial charge in [-0.25, -0.2) is 9.97 Å². The van der Waals surface area contributed by atoms with Crippen LogP contribution in [0.1, 0.15) is 26.0 Å². The third-order valence-corrected chi connectivity index (χ3v) is 3.27. The van der Waals surface area contributed by atoms with E-state index in [1.807, 2.05) is 45.0 Å². The lowest BCUT2D eigenvalue weighted by atomic mass is 10.0. The summed E-state index contributed by atoms with van der Waals surface area (Å²) in [6.07, 6.45) is 0.0611. The van der Waals surface area contributed by atoms with Gasteiger partial charge in [0.1, 0.15) is 5.82 Å². The summed E-state index contributed by atoms with van der Waals surface area (Å²) in [5.74, 6) is 0.0324. The first-order chi connectivity index (χ1) is 9.47. The molecule has 1 aromatic heterocycles. The van der Waals surface area contributed by atoms with Crippen molar-refractivity contribution in [3.05, 3.63) is 30.0 Å². The summed E-state index contributed by atoms with van der Waals surface area (Å²) in [5, 5.41) is 12.2. The lowest BCUT2D eigenvalue weighted by molar-refractivity contribution is -0.137. The van der Waals surface area contributed by atoms with Gasteiger partial charge in [0.15, 0.2) is 0 Å². The maximum absolute atomic E-state index is 10.9. The number of rotatable bonds is 5. The zero-order valence-electron chi connectivity index (χ0n) is 11.9. The Morgan fingerprint density at radius 3 is 2.40 bits per heavy atom. The quantitative estimate of drug-likeness (QED) is 0.876. The van der Waals surface area contributed by atoms with Crippen LogP contribution in [0.5, 0.6) is 0 Å². The topological polar surface area (TPSA) is 75.1 Å². The van der Waals surface area contributed by atoms with Gasteiger partial charge >= 0.3 is 5.97 Å². The van der Waals surface area contributed by atoms with Gasteiger partial charge < -0.3 is 10.4 Å². The van der Waals surface area contributed by atoms with E-state index in [1.54, 1.807) is 0 Å². The number of fused-ring (bicyclic) bond motifs is 1. The molecule has 2 N–H and O–H groups in total. The largest absolute Gasteiger partial charge is 0.481 e. The van der Waals surface area contributed by atoms with E-state index in [4.69, 9.17) is 5.11 Å². The average molecular weight is 273 g/mol. The van der Waals surface area contributed by atoms with E-state index >= 15 is 0 Å². The molecular weight excluding hydrogens is 254 g/mol. The molecule has 0 fully saturated rings. The summed E-state index contributed by atoms with van der Waals surface area (Å²) < 4.78 is 0. The number of hydrogen-bond donors (Lipinski definition) is 2. The molecule has 0 aliphatic carbocycles. The summed E-state index contributed by atoms with van der Waals surface area (Å²) in [6.45, 7) is 5.86. The second kappa shape index (κ2) is 5.86. The molecule has 2 rings (SSSR count). The number of nitrogens with one attached hydrogen (secondary N) is 1. The first-order valence-corrected chi connectivity index (χ1v) is 6.69. The molecule has 0 aliphatic rings. The zero-order valence-corrected chi connectivity index (χ0v) is 11.9. The Morgan fingerprint density at radius 1 is 1.25 bits per heavy atom. The van der Waals surface area contributed by atoms with E-state index in [-0.39, 0.29) is 18.4 Å². The average Bonchev–Trinajstić information content (AvgIpc) is 2.38. The maximum Gasteiger partial charge on any atom is 0.305 e. The van der Waals surface area contributed by atoms with Crippen LogP contribution >= 0.6 is 0 Å². The van der Waals surface area contributed by atoms with E-state index in [9.17, 15) is 4.79 Å². The maximum atomic E-state index is 10.9. The summed E-state index contributed by atoms with van der Waals surface area (Å²) in [4.78, 5) is 20.0. The molecule has 2 aromatic rings. The number of para-hydroxylation sites is 2. The van der Waals surface area contributed by atoms with Crippen molar-refractivity contribution in [1.82, 2.24) is 9.97 Å². The number of hydrogen-bond acceptors (Lipinski definition) is 4. The van der Waals surface area contributed by atoms with Gasteiger partial charge in [-0.05, 0) is 25.0 Å². The standard InChI is InChI=1S/C15H19N3O2/c1-9(2)13(8-14(19)20)18-15-10(3)16-11-6-4-5-7-12(11)17-15/h4-7,9,13H,8H2,1-3H3,(H,17,18)(H,19,20). The number of aliphatic carboxylic acids is 1. The summed E-state index contributed by atoms with van der Waals surface area (Å²) in [7, 11) is 0. The van der Waals surface area contributed by atoms with Crippen LogP contribution in [0, 0.1) is 12.8 Å². The minimum atomic E-state index is -0.817. The molecule has 0 bridgehead atoms. The Labute approximate surface area is 118 Å². The number of aromatic nitrogens is 2. The van der Waals surface area contributed by atoms with Gasteiger partial charge in [0.2, 0.25) is 0 Å². The normalized spacial score (nSPS) is 12.6. The van der Waals surface area contributed by atoms with Crippen molar-refractivity contribution in [2.45, 2.75) is 33.2 Å². The zero-order chi connectivity index (χ0) is 14.7. The number of carbonyl (C=O) groups is 1. The Morgan fingerprint density at radius 2 is 1.85 bits per heavy atom. The molecule has 1 unspecified atom stereocenters. The van der Waals surface area contributed by atoms with Gasteiger partial charge in [0.05, 0.1) is 23.1 Å². The molecule has 0 aliphatic heterocycles. The number of anilines is 1. The summed E-state index contributed by atoms with van der Waals surface area (Å²) in [6, 6.07) is 7.48. The molecule has 1 aromatic carbocycles. The molecule has 5 heteroatoms. The van der Waals surface area contributed by atoms with E-state index < -0.39 is 5.97 Å². The van der Waals surface area contributed by atoms with Crippen LogP contribution in [-0.4, -0.2) is 27.1 Å². The SMILES string of the molecule is Cc1nc2ccccc2nc1NC(CC(=O)O)C(C)C. The van der Waals surface area contributed by atoms with Gasteiger partial charge in [0, 0.05) is 6.04 Å². The molecule has 0 saturated carbocycles. The Balaban J connectivity index is 2.31. The highest BCUT2D eigenvalue weighted by molar-refractivity contribution is 5.76. The molecule has 20 heavy (non-hydrogen) atoms. The highest BCUT2D eigenvalue weighted by Crippen LogP contribution is 2.19. The number of nitrogens with zero attached hydrogens (tertiary/aromatic N) is 2. The molecule has 1 atom stereocenters. The lowest BCUT2D eigenvalue weighted by Crippen LogP contribution is -2.29. The molecule has 0 spiro atoms. The Kier molecular flexibility index (Phi) is 4.17. The minimum absolute atomic E-state index is 0.0611. The van der Waals surface area contributed by atoms with Crippen molar-refractivity contribution in [1.29, 1.82) is 0 Å². The third kappa shape index (κ3) is 3.23. The van der Waals surface area contributed by atoms with E-state index in [0.29, 0.717) is 5.82 Å². The molecule has 5 nitrogen and oxygen atoms in total. The van der Waals surface area contributed by atoms with Crippen LogP contribution < -0.4 is 5.32 Å². The number of carboxylic acid groups (broad SMARTS) is 1. The number of carboxylic acids is 1. The monoisotopic (exact) mass is 273 g/mol. The van der Waals surface area contributed by atoms with Gasteiger partial charge in [-0.15, -0.1) is 0 Å². The van der Waals surface area contributed by atoms with Crippen molar-refractivity contribution in [3.63, 3.8) is 0 Å². The van der Waals surface area contributed by atoms with Crippen LogP contribution in [0.25, 0.3) is 11.0 Å². The minimum Gasteiger partial charge on any atom is -0.481 e. The predicted molar refractivity (Wildman–Crippen MR) is 78.8 cm³/mol. The van der Waals surface area contributed by atoms with Crippen LogP contribution in [0.4, 0.5) is 5.82 Å². The van der Waals surface area contributed by atoms with E-state index in [1.165, 1.54) is 0 Å². The van der Waals surface area contributed by atoms with Gasteiger partial charge in [-0.2, -0.15) is 0 Å². The van der Waals surface area contributed by atoms with Gasteiger partial charge in [0.25, 0.3) is 0 Å². The second-order valence-electron chi connectivity index (χ2n) is 5.24. The third-order valence-electron chi connectivity index (χ3n) is 3.27. The van der Waals surface area contributed by atoms with Crippen LogP contribution in [0.2, 0.25) is 0 Å². The molecule has 106 valence electrons. The summed E-state index contributed by atoms with van der Waals surface area (Å²) in [5.41, 5.74) is 2.42. The van der Waals surface area contributed by atoms with E-state index in [0.717, 1.165) is 16.7 Å². The van der Waals surface area contributed by atoms with Crippen LogP contribution in [0.15, 0.2) is 24.3 Å². The highest BCUT2D eigenvalue weighted by Gasteiger charge is 2.18. The highest BCUT2D eigenvalue weighted by atomic mass is 16.4. The fraction of sp³-hybridized carbons (Fsp3) is 0.400. The fourth-order valence-electron chi connectivity index (χ4n) is 2.04. The predicted octanol–water partition coefficient (Wildman–Crippen LogP) is 2.85. The molecule has 1 heterocycles. The van der Waals surface area contributed by atoms with Crippen molar-refractivity contribution < 1.29 is 9.90 Å².